The number of alkyl carbamates (subject to hydrolysis) is 1. The number of benzene rings is 1. The Hall–Kier alpha value is -2.57. The SMILES string of the molecule is CC(CCNC(=O)OC(C)(C)C)C(=O)OCCC(=O)OCc1ccccc1. The van der Waals surface area contributed by atoms with Gasteiger partial charge in [0.25, 0.3) is 0 Å². The monoisotopic (exact) mass is 379 g/mol. The normalized spacial score (nSPS) is 12.0. The fourth-order valence-corrected chi connectivity index (χ4v) is 2.01. The first-order valence-corrected chi connectivity index (χ1v) is 9.00. The lowest BCUT2D eigenvalue weighted by Gasteiger charge is -2.20. The van der Waals surface area contributed by atoms with E-state index in [0.717, 1.165) is 5.56 Å². The molecule has 0 aliphatic carbocycles. The van der Waals surface area contributed by atoms with E-state index in [0.29, 0.717) is 13.0 Å². The Balaban J connectivity index is 2.14. The van der Waals surface area contributed by atoms with Gasteiger partial charge in [-0.2, -0.15) is 0 Å². The van der Waals surface area contributed by atoms with Crippen LogP contribution < -0.4 is 5.32 Å². The van der Waals surface area contributed by atoms with Gasteiger partial charge >= 0.3 is 18.0 Å². The number of esters is 2. The number of rotatable bonds is 9. The second kappa shape index (κ2) is 11.2. The van der Waals surface area contributed by atoms with Gasteiger partial charge in [-0.25, -0.2) is 4.79 Å². The van der Waals surface area contributed by atoms with E-state index in [1.165, 1.54) is 0 Å². The molecule has 0 radical (unpaired) electrons. The van der Waals surface area contributed by atoms with Gasteiger partial charge in [-0.15, -0.1) is 0 Å². The molecular weight excluding hydrogens is 350 g/mol. The molecule has 1 unspecified atom stereocenters. The van der Waals surface area contributed by atoms with E-state index in [-0.39, 0.29) is 19.6 Å². The number of ether oxygens (including phenoxy) is 3. The highest BCUT2D eigenvalue weighted by Gasteiger charge is 2.18. The molecule has 1 amide bonds. The van der Waals surface area contributed by atoms with E-state index < -0.39 is 29.6 Å². The fourth-order valence-electron chi connectivity index (χ4n) is 2.01. The van der Waals surface area contributed by atoms with E-state index >= 15 is 0 Å². The fraction of sp³-hybridized carbons (Fsp3) is 0.550. The molecule has 0 aliphatic heterocycles. The van der Waals surface area contributed by atoms with Crippen molar-refractivity contribution < 1.29 is 28.6 Å². The minimum absolute atomic E-state index is 0.00144. The van der Waals surface area contributed by atoms with Crippen LogP contribution in [0.3, 0.4) is 0 Å². The summed E-state index contributed by atoms with van der Waals surface area (Å²) in [4.78, 5) is 35.1. The van der Waals surface area contributed by atoms with Crippen molar-refractivity contribution in [3.63, 3.8) is 0 Å². The van der Waals surface area contributed by atoms with Crippen molar-refractivity contribution >= 4 is 18.0 Å². The standard InChI is InChI=1S/C20H29NO6/c1-15(10-12-21-19(24)27-20(2,3)4)18(23)25-13-11-17(22)26-14-16-8-6-5-7-9-16/h5-9,15H,10-14H2,1-4H3,(H,21,24). The Kier molecular flexibility index (Phi) is 9.33. The third kappa shape index (κ3) is 10.9. The predicted molar refractivity (Wildman–Crippen MR) is 99.8 cm³/mol. The van der Waals surface area contributed by atoms with Crippen molar-refractivity contribution in [2.45, 2.75) is 52.7 Å². The lowest BCUT2D eigenvalue weighted by atomic mass is 10.1. The molecule has 0 aromatic heterocycles. The zero-order valence-corrected chi connectivity index (χ0v) is 16.4. The van der Waals surface area contributed by atoms with Crippen LogP contribution in [0, 0.1) is 5.92 Å². The highest BCUT2D eigenvalue weighted by molar-refractivity contribution is 5.73. The van der Waals surface area contributed by atoms with Gasteiger partial charge in [-0.05, 0) is 32.8 Å². The van der Waals surface area contributed by atoms with Crippen LogP contribution in [0.2, 0.25) is 0 Å². The molecule has 1 aromatic rings. The number of hydrogen-bond donors (Lipinski definition) is 1. The van der Waals surface area contributed by atoms with E-state index in [1.54, 1.807) is 27.7 Å². The van der Waals surface area contributed by atoms with Crippen LogP contribution in [0.15, 0.2) is 30.3 Å². The van der Waals surface area contributed by atoms with Gasteiger partial charge < -0.3 is 19.5 Å². The van der Waals surface area contributed by atoms with Crippen LogP contribution in [0.5, 0.6) is 0 Å². The summed E-state index contributed by atoms with van der Waals surface area (Å²) in [7, 11) is 0. The molecule has 1 rings (SSSR count). The minimum atomic E-state index is -0.566. The minimum Gasteiger partial charge on any atom is -0.465 e. The maximum Gasteiger partial charge on any atom is 0.407 e. The Labute approximate surface area is 160 Å². The number of carbonyl (C=O) groups is 3. The van der Waals surface area contributed by atoms with Crippen LogP contribution in [0.1, 0.15) is 46.1 Å². The molecule has 0 saturated heterocycles. The molecule has 0 bridgehead atoms. The summed E-state index contributed by atoms with van der Waals surface area (Å²) in [5.41, 5.74) is 0.331. The van der Waals surface area contributed by atoms with Crippen molar-refractivity contribution in [1.29, 1.82) is 0 Å². The van der Waals surface area contributed by atoms with Crippen molar-refractivity contribution in [2.75, 3.05) is 13.2 Å². The van der Waals surface area contributed by atoms with Gasteiger partial charge in [0.1, 0.15) is 18.8 Å². The quantitative estimate of drug-likeness (QED) is 0.523. The largest absolute Gasteiger partial charge is 0.465 e. The number of amides is 1. The molecule has 7 nitrogen and oxygen atoms in total. The smallest absolute Gasteiger partial charge is 0.407 e. The van der Waals surface area contributed by atoms with Crippen LogP contribution >= 0.6 is 0 Å². The number of hydrogen-bond acceptors (Lipinski definition) is 6. The predicted octanol–water partition coefficient (Wildman–Crippen LogP) is 3.21. The molecule has 0 spiro atoms. The number of carbonyl (C=O) groups excluding carboxylic acids is 3. The summed E-state index contributed by atoms with van der Waals surface area (Å²) in [6.07, 6.45) is -0.109. The average Bonchev–Trinajstić information content (AvgIpc) is 2.59. The molecule has 1 N–H and O–H groups in total. The zero-order valence-electron chi connectivity index (χ0n) is 16.4. The molecule has 0 aliphatic rings. The summed E-state index contributed by atoms with van der Waals surface area (Å²) < 4.78 is 15.3. The highest BCUT2D eigenvalue weighted by atomic mass is 16.6. The molecule has 27 heavy (non-hydrogen) atoms. The van der Waals surface area contributed by atoms with Crippen LogP contribution in [-0.2, 0) is 30.4 Å². The Morgan fingerprint density at radius 3 is 2.37 bits per heavy atom. The highest BCUT2D eigenvalue weighted by Crippen LogP contribution is 2.08. The first kappa shape index (κ1) is 22.5. The van der Waals surface area contributed by atoms with Crippen LogP contribution in [-0.4, -0.2) is 36.8 Å². The zero-order chi connectivity index (χ0) is 20.3. The summed E-state index contributed by atoms with van der Waals surface area (Å²) in [6.45, 7) is 7.49. The van der Waals surface area contributed by atoms with Crippen molar-refractivity contribution in [1.82, 2.24) is 5.32 Å². The molecule has 0 saturated carbocycles. The maximum atomic E-state index is 11.9. The van der Waals surface area contributed by atoms with E-state index in [2.05, 4.69) is 5.32 Å². The second-order valence-corrected chi connectivity index (χ2v) is 7.18. The molecule has 1 atom stereocenters. The third-order valence-electron chi connectivity index (χ3n) is 3.44. The third-order valence-corrected chi connectivity index (χ3v) is 3.44. The molecule has 0 fully saturated rings. The van der Waals surface area contributed by atoms with Gasteiger partial charge in [0.2, 0.25) is 0 Å². The summed E-state index contributed by atoms with van der Waals surface area (Å²) in [6, 6.07) is 9.34. The van der Waals surface area contributed by atoms with E-state index in [1.807, 2.05) is 30.3 Å². The number of nitrogens with one attached hydrogen (secondary N) is 1. The summed E-state index contributed by atoms with van der Waals surface area (Å²) >= 11 is 0. The molecule has 0 heterocycles. The van der Waals surface area contributed by atoms with Gasteiger partial charge in [0.05, 0.1) is 12.3 Å². The van der Waals surface area contributed by atoms with Gasteiger partial charge in [0, 0.05) is 6.54 Å². The van der Waals surface area contributed by atoms with Gasteiger partial charge in [-0.3, -0.25) is 9.59 Å². The summed E-state index contributed by atoms with van der Waals surface area (Å²) in [5, 5.41) is 2.59. The van der Waals surface area contributed by atoms with Crippen LogP contribution in [0.4, 0.5) is 4.79 Å². The van der Waals surface area contributed by atoms with Crippen LogP contribution in [0.25, 0.3) is 0 Å². The average molecular weight is 379 g/mol. The van der Waals surface area contributed by atoms with Crippen molar-refractivity contribution in [2.24, 2.45) is 5.92 Å². The lowest BCUT2D eigenvalue weighted by Crippen LogP contribution is -2.34. The topological polar surface area (TPSA) is 90.9 Å². The second-order valence-electron chi connectivity index (χ2n) is 7.18. The Morgan fingerprint density at radius 1 is 1.07 bits per heavy atom. The Morgan fingerprint density at radius 2 is 1.74 bits per heavy atom. The first-order valence-electron chi connectivity index (χ1n) is 9.00. The van der Waals surface area contributed by atoms with Crippen molar-refractivity contribution in [3.05, 3.63) is 35.9 Å². The van der Waals surface area contributed by atoms with Gasteiger partial charge in [-0.1, -0.05) is 37.3 Å². The molecular formula is C20H29NO6. The van der Waals surface area contributed by atoms with E-state index in [9.17, 15) is 14.4 Å². The Bertz CT molecular complexity index is 609. The molecule has 150 valence electrons. The first-order chi connectivity index (χ1) is 12.7. The van der Waals surface area contributed by atoms with Crippen molar-refractivity contribution in [3.8, 4) is 0 Å². The maximum absolute atomic E-state index is 11.9. The molecule has 7 heteroatoms. The van der Waals surface area contributed by atoms with Gasteiger partial charge in [0.15, 0.2) is 0 Å². The summed E-state index contributed by atoms with van der Waals surface area (Å²) in [5.74, 6) is -1.25. The van der Waals surface area contributed by atoms with E-state index in [4.69, 9.17) is 14.2 Å². The molecule has 1 aromatic carbocycles. The lowest BCUT2D eigenvalue weighted by molar-refractivity contribution is -0.152.